The molecule has 0 aliphatic carbocycles. The maximum atomic E-state index is 6.13. The second-order valence-electron chi connectivity index (χ2n) is 6.23. The summed E-state index contributed by atoms with van der Waals surface area (Å²) in [4.78, 5) is 2.81. The Labute approximate surface area is 107 Å². The van der Waals surface area contributed by atoms with E-state index in [1.165, 1.54) is 57.9 Å². The summed E-state index contributed by atoms with van der Waals surface area (Å²) in [5, 5.41) is 0. The highest BCUT2D eigenvalue weighted by atomic mass is 15.2. The summed E-state index contributed by atoms with van der Waals surface area (Å²) in [5.74, 6) is 0.923. The Morgan fingerprint density at radius 2 is 1.82 bits per heavy atom. The lowest BCUT2D eigenvalue weighted by Gasteiger charge is -2.39. The van der Waals surface area contributed by atoms with Crippen molar-refractivity contribution in [3.63, 3.8) is 0 Å². The molecule has 2 N–H and O–H groups in total. The number of hydrogen-bond acceptors (Lipinski definition) is 2. The van der Waals surface area contributed by atoms with Crippen LogP contribution in [0.5, 0.6) is 0 Å². The first-order chi connectivity index (χ1) is 8.24. The Bertz CT molecular complexity index is 215. The van der Waals surface area contributed by atoms with Crippen LogP contribution in [0, 0.1) is 5.92 Å². The molecule has 0 aromatic heterocycles. The fraction of sp³-hybridized carbons (Fsp3) is 1.00. The summed E-state index contributed by atoms with van der Waals surface area (Å²) in [7, 11) is 0. The molecule has 3 unspecified atom stereocenters. The molecular weight excluding hydrogens is 208 g/mol. The van der Waals surface area contributed by atoms with E-state index in [0.29, 0.717) is 6.04 Å². The van der Waals surface area contributed by atoms with E-state index in [9.17, 15) is 0 Å². The minimum absolute atomic E-state index is 0.486. The summed E-state index contributed by atoms with van der Waals surface area (Å²) in [6.45, 7) is 6.01. The predicted octanol–water partition coefficient (Wildman–Crippen LogP) is 3.16. The molecule has 2 heteroatoms. The monoisotopic (exact) mass is 238 g/mol. The molecule has 2 aliphatic heterocycles. The minimum atomic E-state index is 0.486. The zero-order valence-corrected chi connectivity index (χ0v) is 11.7. The van der Waals surface area contributed by atoms with Crippen LogP contribution in [0.1, 0.15) is 65.2 Å². The van der Waals surface area contributed by atoms with E-state index in [-0.39, 0.29) is 0 Å². The van der Waals surface area contributed by atoms with Gasteiger partial charge in [0.1, 0.15) is 0 Å². The molecule has 2 saturated heterocycles. The molecule has 2 fully saturated rings. The Kier molecular flexibility index (Phi) is 4.87. The Hall–Kier alpha value is -0.0800. The average Bonchev–Trinajstić information content (AvgIpc) is 2.56. The fourth-order valence-electron chi connectivity index (χ4n) is 3.83. The van der Waals surface area contributed by atoms with E-state index < -0.39 is 0 Å². The lowest BCUT2D eigenvalue weighted by atomic mass is 9.93. The summed E-state index contributed by atoms with van der Waals surface area (Å²) in [6.07, 6.45) is 10.8. The van der Waals surface area contributed by atoms with Crippen molar-refractivity contribution in [1.29, 1.82) is 0 Å². The van der Waals surface area contributed by atoms with E-state index in [1.807, 2.05) is 0 Å². The maximum absolute atomic E-state index is 6.13. The van der Waals surface area contributed by atoms with Gasteiger partial charge < -0.3 is 5.73 Å². The van der Waals surface area contributed by atoms with Crippen LogP contribution < -0.4 is 5.73 Å². The van der Waals surface area contributed by atoms with Crippen LogP contribution in [-0.4, -0.2) is 29.6 Å². The summed E-state index contributed by atoms with van der Waals surface area (Å²) in [6, 6.07) is 2.12. The van der Waals surface area contributed by atoms with Gasteiger partial charge in [0.05, 0.1) is 0 Å². The maximum Gasteiger partial charge on any atom is 0.0114 e. The van der Waals surface area contributed by atoms with E-state index in [1.54, 1.807) is 0 Å². The third-order valence-electron chi connectivity index (χ3n) is 4.93. The first-order valence-electron chi connectivity index (χ1n) is 7.75. The second-order valence-corrected chi connectivity index (χ2v) is 6.23. The highest BCUT2D eigenvalue weighted by Gasteiger charge is 2.39. The van der Waals surface area contributed by atoms with Crippen molar-refractivity contribution in [1.82, 2.24) is 4.90 Å². The highest BCUT2D eigenvalue weighted by molar-refractivity contribution is 4.96. The van der Waals surface area contributed by atoms with Crippen molar-refractivity contribution in [2.75, 3.05) is 6.54 Å². The van der Waals surface area contributed by atoms with Gasteiger partial charge in [0.2, 0.25) is 0 Å². The topological polar surface area (TPSA) is 29.3 Å². The molecule has 3 atom stereocenters. The van der Waals surface area contributed by atoms with E-state index >= 15 is 0 Å². The van der Waals surface area contributed by atoms with Crippen LogP contribution in [-0.2, 0) is 0 Å². The van der Waals surface area contributed by atoms with Crippen LogP contribution in [0.2, 0.25) is 0 Å². The van der Waals surface area contributed by atoms with Crippen LogP contribution in [0.3, 0.4) is 0 Å². The molecule has 2 aliphatic rings. The van der Waals surface area contributed by atoms with Crippen LogP contribution in [0.25, 0.3) is 0 Å². The third-order valence-corrected chi connectivity index (χ3v) is 4.93. The van der Waals surface area contributed by atoms with Gasteiger partial charge >= 0.3 is 0 Å². The predicted molar refractivity (Wildman–Crippen MR) is 74.0 cm³/mol. The van der Waals surface area contributed by atoms with E-state index in [0.717, 1.165) is 18.0 Å². The molecule has 17 heavy (non-hydrogen) atoms. The molecule has 0 saturated carbocycles. The van der Waals surface area contributed by atoms with Crippen molar-refractivity contribution in [3.8, 4) is 0 Å². The summed E-state index contributed by atoms with van der Waals surface area (Å²) < 4.78 is 0. The Morgan fingerprint density at radius 3 is 2.35 bits per heavy atom. The molecule has 2 rings (SSSR count). The Morgan fingerprint density at radius 1 is 1.18 bits per heavy atom. The summed E-state index contributed by atoms with van der Waals surface area (Å²) in [5.41, 5.74) is 6.13. The SMILES string of the molecule is CCCCC(CC)CN1C2CCC1CC(N)C2. The standard InChI is InChI=1S/C15H30N2/c1-3-5-6-12(4-2)11-17-14-7-8-15(17)10-13(16)9-14/h12-15H,3-11,16H2,1-2H3. The number of rotatable bonds is 6. The molecule has 0 aromatic carbocycles. The van der Waals surface area contributed by atoms with Gasteiger partial charge in [-0.15, -0.1) is 0 Å². The molecule has 2 bridgehead atoms. The van der Waals surface area contributed by atoms with Gasteiger partial charge in [-0.2, -0.15) is 0 Å². The quantitative estimate of drug-likeness (QED) is 0.770. The van der Waals surface area contributed by atoms with Gasteiger partial charge in [-0.25, -0.2) is 0 Å². The van der Waals surface area contributed by atoms with Crippen LogP contribution >= 0.6 is 0 Å². The summed E-state index contributed by atoms with van der Waals surface area (Å²) >= 11 is 0. The molecular formula is C15H30N2. The van der Waals surface area contributed by atoms with Gasteiger partial charge in [0.15, 0.2) is 0 Å². The Balaban J connectivity index is 1.85. The van der Waals surface area contributed by atoms with Crippen molar-refractivity contribution >= 4 is 0 Å². The number of unbranched alkanes of at least 4 members (excludes halogenated alkanes) is 1. The molecule has 2 nitrogen and oxygen atoms in total. The molecule has 0 spiro atoms. The first kappa shape index (κ1) is 13.4. The zero-order chi connectivity index (χ0) is 12.3. The fourth-order valence-corrected chi connectivity index (χ4v) is 3.83. The zero-order valence-electron chi connectivity index (χ0n) is 11.7. The number of nitrogens with two attached hydrogens (primary N) is 1. The number of piperidine rings is 1. The first-order valence-corrected chi connectivity index (χ1v) is 7.75. The second kappa shape index (κ2) is 6.19. The van der Waals surface area contributed by atoms with Crippen LogP contribution in [0.15, 0.2) is 0 Å². The molecule has 2 heterocycles. The third kappa shape index (κ3) is 3.23. The molecule has 0 amide bonds. The van der Waals surface area contributed by atoms with E-state index in [4.69, 9.17) is 5.73 Å². The van der Waals surface area contributed by atoms with Gasteiger partial charge in [0.25, 0.3) is 0 Å². The molecule has 0 radical (unpaired) electrons. The lowest BCUT2D eigenvalue weighted by Crippen LogP contribution is -2.48. The van der Waals surface area contributed by atoms with Crippen molar-refractivity contribution in [3.05, 3.63) is 0 Å². The van der Waals surface area contributed by atoms with Gasteiger partial charge in [-0.05, 0) is 38.0 Å². The number of fused-ring (bicyclic) bond motifs is 2. The van der Waals surface area contributed by atoms with Gasteiger partial charge in [-0.3, -0.25) is 4.90 Å². The van der Waals surface area contributed by atoms with Crippen molar-refractivity contribution in [2.24, 2.45) is 11.7 Å². The van der Waals surface area contributed by atoms with Gasteiger partial charge in [0, 0.05) is 24.7 Å². The smallest absolute Gasteiger partial charge is 0.0114 e. The molecule has 0 aromatic rings. The van der Waals surface area contributed by atoms with Gasteiger partial charge in [-0.1, -0.05) is 33.1 Å². The largest absolute Gasteiger partial charge is 0.328 e. The number of hydrogen-bond donors (Lipinski definition) is 1. The van der Waals surface area contributed by atoms with E-state index in [2.05, 4.69) is 18.7 Å². The van der Waals surface area contributed by atoms with Crippen molar-refractivity contribution < 1.29 is 0 Å². The highest BCUT2D eigenvalue weighted by Crippen LogP contribution is 2.36. The lowest BCUT2D eigenvalue weighted by molar-refractivity contribution is 0.103. The number of nitrogens with zero attached hydrogens (tertiary/aromatic N) is 1. The van der Waals surface area contributed by atoms with Crippen LogP contribution in [0.4, 0.5) is 0 Å². The minimum Gasteiger partial charge on any atom is -0.328 e. The van der Waals surface area contributed by atoms with Crippen molar-refractivity contribution in [2.45, 2.75) is 83.3 Å². The normalized spacial score (nSPS) is 35.1. The average molecular weight is 238 g/mol. The molecule has 100 valence electrons.